The Hall–Kier alpha value is -0.195. The third-order valence-electron chi connectivity index (χ3n) is 5.18. The molecule has 0 fully saturated rings. The van der Waals surface area contributed by atoms with Crippen molar-refractivity contribution in [2.24, 2.45) is 11.8 Å². The van der Waals surface area contributed by atoms with Gasteiger partial charge < -0.3 is 0 Å². The van der Waals surface area contributed by atoms with Crippen molar-refractivity contribution < 1.29 is 0 Å². The van der Waals surface area contributed by atoms with E-state index in [0.717, 1.165) is 30.2 Å². The summed E-state index contributed by atoms with van der Waals surface area (Å²) < 4.78 is 0. The maximum atomic E-state index is 2.58. The molecule has 0 aliphatic rings. The molecule has 1 heteroatoms. The molecule has 0 aromatic carbocycles. The van der Waals surface area contributed by atoms with Crippen LogP contribution in [0.15, 0.2) is 11.5 Å². The van der Waals surface area contributed by atoms with Crippen molar-refractivity contribution in [1.82, 2.24) is 0 Å². The maximum absolute atomic E-state index is 2.58. The third kappa shape index (κ3) is 6.50. The minimum absolute atomic E-state index is 0.771. The van der Waals surface area contributed by atoms with Crippen molar-refractivity contribution in [2.45, 2.75) is 99.1 Å². The molecule has 0 heterocycles. The number of rotatable bonds is 10. The lowest BCUT2D eigenvalue weighted by Crippen LogP contribution is -2.32. The van der Waals surface area contributed by atoms with E-state index in [4.69, 9.17) is 0 Å². The minimum Gasteiger partial charge on any atom is -0.104 e. The van der Waals surface area contributed by atoms with Gasteiger partial charge in [0.2, 0.25) is 0 Å². The zero-order chi connectivity index (χ0) is 15.7. The van der Waals surface area contributed by atoms with Gasteiger partial charge >= 0.3 is 0 Å². The fraction of sp³-hybridized carbons (Fsp3) is 0.895. The molecule has 0 bridgehead atoms. The second-order valence-corrected chi connectivity index (χ2v) is 7.40. The van der Waals surface area contributed by atoms with Crippen LogP contribution in [-0.2, 0) is 0 Å². The van der Waals surface area contributed by atoms with Crippen LogP contribution in [0.4, 0.5) is 0 Å². The van der Waals surface area contributed by atoms with E-state index < -0.39 is 0 Å². The second-order valence-electron chi connectivity index (χ2n) is 7.40. The topological polar surface area (TPSA) is 0 Å². The number of allylic oxidation sites excluding steroid dienone is 2. The van der Waals surface area contributed by atoms with Gasteiger partial charge in [0.15, 0.2) is 6.71 Å². The van der Waals surface area contributed by atoms with Crippen LogP contribution in [0.25, 0.3) is 0 Å². The Morgan fingerprint density at radius 1 is 0.850 bits per heavy atom. The zero-order valence-electron chi connectivity index (χ0n) is 15.5. The van der Waals surface area contributed by atoms with Gasteiger partial charge in [0.1, 0.15) is 0 Å². The Morgan fingerprint density at radius 2 is 1.35 bits per heavy atom. The van der Waals surface area contributed by atoms with E-state index in [-0.39, 0.29) is 0 Å². The van der Waals surface area contributed by atoms with Crippen LogP contribution in [0.2, 0.25) is 11.6 Å². The predicted molar refractivity (Wildman–Crippen MR) is 96.8 cm³/mol. The molecule has 0 N–H and O–H groups in total. The normalized spacial score (nSPS) is 15.8. The molecule has 20 heavy (non-hydrogen) atoms. The van der Waals surface area contributed by atoms with Crippen LogP contribution in [0.3, 0.4) is 0 Å². The first-order valence-corrected chi connectivity index (χ1v) is 9.05. The fourth-order valence-corrected chi connectivity index (χ4v) is 3.10. The van der Waals surface area contributed by atoms with E-state index >= 15 is 0 Å². The summed E-state index contributed by atoms with van der Waals surface area (Å²) in [4.78, 5) is 0. The van der Waals surface area contributed by atoms with Crippen molar-refractivity contribution in [3.63, 3.8) is 0 Å². The minimum atomic E-state index is 0.771. The highest BCUT2D eigenvalue weighted by atomic mass is 14.2. The Labute approximate surface area is 129 Å². The van der Waals surface area contributed by atoms with E-state index in [1.165, 1.54) is 32.1 Å². The van der Waals surface area contributed by atoms with E-state index in [9.17, 15) is 0 Å². The highest BCUT2D eigenvalue weighted by Crippen LogP contribution is 2.38. The first-order chi connectivity index (χ1) is 9.36. The number of hydrogen-bond acceptors (Lipinski definition) is 0. The van der Waals surface area contributed by atoms with Gasteiger partial charge in [-0.3, -0.25) is 0 Å². The fourth-order valence-electron chi connectivity index (χ4n) is 3.10. The molecular formula is C19H39B. The molecule has 0 amide bonds. The molecule has 0 rings (SSSR count). The molecule has 0 aromatic heterocycles. The van der Waals surface area contributed by atoms with Gasteiger partial charge in [0.05, 0.1) is 0 Å². The van der Waals surface area contributed by atoms with Crippen LogP contribution in [0.5, 0.6) is 0 Å². The lowest BCUT2D eigenvalue weighted by Gasteiger charge is -2.34. The smallest absolute Gasteiger partial charge is 0.104 e. The van der Waals surface area contributed by atoms with Gasteiger partial charge in [0, 0.05) is 0 Å². The van der Waals surface area contributed by atoms with Gasteiger partial charge in [-0.25, -0.2) is 0 Å². The van der Waals surface area contributed by atoms with E-state index in [0.29, 0.717) is 0 Å². The summed E-state index contributed by atoms with van der Waals surface area (Å²) in [5.41, 5.74) is 1.76. The molecule has 0 saturated heterocycles. The SMILES string of the molecule is CCC/C=C(/CCCC)B(C(C)C(C)C)C(C)C(C)C. The highest BCUT2D eigenvalue weighted by Gasteiger charge is 2.33. The monoisotopic (exact) mass is 278 g/mol. The molecule has 0 aromatic rings. The molecule has 0 aliphatic carbocycles. The van der Waals surface area contributed by atoms with Crippen LogP contribution < -0.4 is 0 Å². The van der Waals surface area contributed by atoms with Crippen molar-refractivity contribution >= 4 is 6.71 Å². The van der Waals surface area contributed by atoms with Crippen LogP contribution in [0, 0.1) is 11.8 Å². The van der Waals surface area contributed by atoms with E-state index in [2.05, 4.69) is 61.5 Å². The van der Waals surface area contributed by atoms with Crippen molar-refractivity contribution in [1.29, 1.82) is 0 Å². The summed E-state index contributed by atoms with van der Waals surface area (Å²) in [6, 6.07) is 0. The number of hydrogen-bond donors (Lipinski definition) is 0. The van der Waals surface area contributed by atoms with Gasteiger partial charge in [0.25, 0.3) is 0 Å². The summed E-state index contributed by atoms with van der Waals surface area (Å²) in [6.45, 7) is 19.9. The molecule has 0 nitrogen and oxygen atoms in total. The molecule has 0 saturated carbocycles. The van der Waals surface area contributed by atoms with Gasteiger partial charge in [-0.1, -0.05) is 104 Å². The molecule has 0 spiro atoms. The lowest BCUT2D eigenvalue weighted by atomic mass is 9.27. The number of unbranched alkanes of at least 4 members (excludes halogenated alkanes) is 2. The first-order valence-electron chi connectivity index (χ1n) is 9.05. The Balaban J connectivity index is 5.27. The highest BCUT2D eigenvalue weighted by molar-refractivity contribution is 6.69. The lowest BCUT2D eigenvalue weighted by molar-refractivity contribution is 0.562. The van der Waals surface area contributed by atoms with Crippen LogP contribution in [0.1, 0.15) is 87.5 Å². The largest absolute Gasteiger partial charge is 0.176 e. The van der Waals surface area contributed by atoms with Crippen LogP contribution >= 0.6 is 0 Å². The van der Waals surface area contributed by atoms with Gasteiger partial charge in [-0.2, -0.15) is 0 Å². The van der Waals surface area contributed by atoms with Gasteiger partial charge in [-0.15, -0.1) is 5.47 Å². The average Bonchev–Trinajstić information content (AvgIpc) is 2.40. The summed E-state index contributed by atoms with van der Waals surface area (Å²) in [6.07, 6.45) is 9.08. The average molecular weight is 278 g/mol. The van der Waals surface area contributed by atoms with Crippen molar-refractivity contribution in [3.05, 3.63) is 11.5 Å². The standard InChI is InChI=1S/C19H39B/c1-9-11-13-19(14-12-10-2)20(17(7)15(3)4)18(8)16(5)6/h13,15-18H,9-12,14H2,1-8H3/b19-13-. The quantitative estimate of drug-likeness (QED) is 0.376. The van der Waals surface area contributed by atoms with E-state index in [1.807, 2.05) is 0 Å². The molecule has 118 valence electrons. The molecule has 0 radical (unpaired) electrons. The van der Waals surface area contributed by atoms with E-state index in [1.54, 1.807) is 5.47 Å². The van der Waals surface area contributed by atoms with Crippen molar-refractivity contribution in [3.8, 4) is 0 Å². The summed E-state index contributed by atoms with van der Waals surface area (Å²) in [7, 11) is 0. The maximum Gasteiger partial charge on any atom is 0.176 e. The van der Waals surface area contributed by atoms with Crippen LogP contribution in [-0.4, -0.2) is 6.71 Å². The summed E-state index contributed by atoms with van der Waals surface area (Å²) in [5, 5.41) is 0. The predicted octanol–water partition coefficient (Wildman–Crippen LogP) is 7.03. The molecule has 2 atom stereocenters. The molecule has 2 unspecified atom stereocenters. The Morgan fingerprint density at radius 3 is 1.70 bits per heavy atom. The molecular weight excluding hydrogens is 239 g/mol. The first kappa shape index (κ1) is 19.8. The third-order valence-corrected chi connectivity index (χ3v) is 5.18. The van der Waals surface area contributed by atoms with Gasteiger partial charge in [-0.05, 0) is 12.8 Å². The Kier molecular flexibility index (Phi) is 10.4. The summed E-state index contributed by atoms with van der Waals surface area (Å²) in [5.74, 6) is 3.11. The molecule has 0 aliphatic heterocycles. The Bertz CT molecular complexity index is 251. The summed E-state index contributed by atoms with van der Waals surface area (Å²) >= 11 is 0. The van der Waals surface area contributed by atoms with Crippen molar-refractivity contribution in [2.75, 3.05) is 0 Å². The zero-order valence-corrected chi connectivity index (χ0v) is 15.5. The second kappa shape index (κ2) is 10.5.